The van der Waals surface area contributed by atoms with E-state index in [1.54, 1.807) is 0 Å². The van der Waals surface area contributed by atoms with Gasteiger partial charge >= 0.3 is 0 Å². The molecule has 1 N–H and O–H groups in total. The van der Waals surface area contributed by atoms with Crippen molar-refractivity contribution in [2.75, 3.05) is 32.8 Å². The molecule has 1 aromatic rings. The van der Waals surface area contributed by atoms with Crippen LogP contribution in [-0.2, 0) is 6.54 Å². The first-order valence-corrected chi connectivity index (χ1v) is 8.37. The number of nitrogens with zero attached hydrogens (tertiary/aromatic N) is 2. The van der Waals surface area contributed by atoms with Crippen molar-refractivity contribution in [1.29, 1.82) is 0 Å². The monoisotopic (exact) mass is 288 g/mol. The quantitative estimate of drug-likeness (QED) is 0.870. The Labute approximate surface area is 128 Å². The Hall–Kier alpha value is -0.900. The second-order valence-electron chi connectivity index (χ2n) is 6.83. The molecule has 21 heavy (non-hydrogen) atoms. The summed E-state index contributed by atoms with van der Waals surface area (Å²) in [5, 5.41) is 9.37. The molecule has 2 fully saturated rings. The van der Waals surface area contributed by atoms with Crippen molar-refractivity contribution < 1.29 is 5.11 Å². The van der Waals surface area contributed by atoms with Crippen LogP contribution < -0.4 is 0 Å². The van der Waals surface area contributed by atoms with Crippen molar-refractivity contribution >= 4 is 0 Å². The van der Waals surface area contributed by atoms with Gasteiger partial charge in [-0.05, 0) is 37.7 Å². The van der Waals surface area contributed by atoms with Gasteiger partial charge in [-0.1, -0.05) is 29.8 Å². The maximum absolute atomic E-state index is 9.37. The van der Waals surface area contributed by atoms with Crippen molar-refractivity contribution in [3.8, 4) is 0 Å². The van der Waals surface area contributed by atoms with Gasteiger partial charge in [0.1, 0.15) is 0 Å². The highest BCUT2D eigenvalue weighted by Crippen LogP contribution is 2.30. The lowest BCUT2D eigenvalue weighted by Crippen LogP contribution is -2.53. The van der Waals surface area contributed by atoms with Crippen LogP contribution in [0.2, 0.25) is 0 Å². The van der Waals surface area contributed by atoms with Gasteiger partial charge in [-0.25, -0.2) is 0 Å². The topological polar surface area (TPSA) is 26.7 Å². The fourth-order valence-corrected chi connectivity index (χ4v) is 3.35. The van der Waals surface area contributed by atoms with Crippen molar-refractivity contribution in [2.24, 2.45) is 5.92 Å². The van der Waals surface area contributed by atoms with Crippen molar-refractivity contribution in [3.63, 3.8) is 0 Å². The van der Waals surface area contributed by atoms with E-state index in [-0.39, 0.29) is 0 Å². The molecule has 2 aliphatic rings. The third-order valence-corrected chi connectivity index (χ3v) is 4.87. The van der Waals surface area contributed by atoms with Crippen molar-refractivity contribution in [2.45, 2.75) is 38.8 Å². The first-order chi connectivity index (χ1) is 10.2. The Morgan fingerprint density at radius 3 is 2.57 bits per heavy atom. The molecule has 1 heterocycles. The van der Waals surface area contributed by atoms with Gasteiger partial charge in [-0.2, -0.15) is 0 Å². The second kappa shape index (κ2) is 6.91. The maximum Gasteiger partial charge on any atom is 0.0446 e. The Morgan fingerprint density at radius 2 is 1.90 bits per heavy atom. The highest BCUT2D eigenvalue weighted by atomic mass is 16.3. The van der Waals surface area contributed by atoms with Crippen LogP contribution in [-0.4, -0.2) is 53.7 Å². The summed E-state index contributed by atoms with van der Waals surface area (Å²) < 4.78 is 0. The number of piperazine rings is 1. The number of aryl methyl sites for hydroxylation is 1. The van der Waals surface area contributed by atoms with Gasteiger partial charge in [0.2, 0.25) is 0 Å². The summed E-state index contributed by atoms with van der Waals surface area (Å²) >= 11 is 0. The summed E-state index contributed by atoms with van der Waals surface area (Å²) in [6, 6.07) is 9.37. The summed E-state index contributed by atoms with van der Waals surface area (Å²) in [7, 11) is 0. The Balaban J connectivity index is 1.58. The molecule has 1 aromatic carbocycles. The predicted octanol–water partition coefficient (Wildman–Crippen LogP) is 2.27. The molecule has 0 amide bonds. The van der Waals surface area contributed by atoms with Crippen LogP contribution in [0.25, 0.3) is 0 Å². The van der Waals surface area contributed by atoms with E-state index in [0.717, 1.165) is 32.0 Å². The number of aliphatic hydroxyl groups excluding tert-OH is 1. The van der Waals surface area contributed by atoms with E-state index in [1.165, 1.54) is 37.1 Å². The van der Waals surface area contributed by atoms with Crippen LogP contribution in [0.3, 0.4) is 0 Å². The lowest BCUT2D eigenvalue weighted by Gasteiger charge is -2.41. The molecule has 1 aliphatic carbocycles. The fraction of sp³-hybridized carbons (Fsp3) is 0.667. The van der Waals surface area contributed by atoms with E-state index >= 15 is 0 Å². The van der Waals surface area contributed by atoms with Gasteiger partial charge in [-0.3, -0.25) is 4.90 Å². The highest BCUT2D eigenvalue weighted by Gasteiger charge is 2.30. The molecule has 116 valence electrons. The second-order valence-corrected chi connectivity index (χ2v) is 6.83. The minimum Gasteiger partial charge on any atom is -0.396 e. The molecule has 1 atom stereocenters. The molecule has 1 aliphatic heterocycles. The zero-order valence-corrected chi connectivity index (χ0v) is 13.2. The lowest BCUT2D eigenvalue weighted by molar-refractivity contribution is 0.0515. The van der Waals surface area contributed by atoms with Crippen molar-refractivity contribution in [1.82, 2.24) is 9.80 Å². The molecule has 0 spiro atoms. The maximum atomic E-state index is 9.37. The van der Waals surface area contributed by atoms with Gasteiger partial charge in [0.25, 0.3) is 0 Å². The van der Waals surface area contributed by atoms with Crippen LogP contribution in [0.15, 0.2) is 24.3 Å². The first-order valence-electron chi connectivity index (χ1n) is 8.37. The molecular formula is C18H28N2O. The Kier molecular flexibility index (Phi) is 4.94. The molecule has 0 unspecified atom stereocenters. The van der Waals surface area contributed by atoms with E-state index in [1.807, 2.05) is 0 Å². The van der Waals surface area contributed by atoms with E-state index in [9.17, 15) is 5.11 Å². The summed E-state index contributed by atoms with van der Waals surface area (Å²) in [6.45, 7) is 8.17. The smallest absolute Gasteiger partial charge is 0.0446 e. The SMILES string of the molecule is Cc1ccc(CN2CCN(CC3CC3)C[C@@H]2CCO)cc1. The predicted molar refractivity (Wildman–Crippen MR) is 86.2 cm³/mol. The van der Waals surface area contributed by atoms with Crippen LogP contribution in [0.4, 0.5) is 0 Å². The standard InChI is InChI=1S/C18H28N2O/c1-15-2-4-17(5-3-15)13-20-10-9-19(12-16-6-7-16)14-18(20)8-11-21/h2-5,16,18,21H,6-14H2,1H3/t18-/m0/s1. The average molecular weight is 288 g/mol. The van der Waals surface area contributed by atoms with Crippen LogP contribution in [0.5, 0.6) is 0 Å². The molecule has 0 radical (unpaired) electrons. The van der Waals surface area contributed by atoms with Crippen LogP contribution >= 0.6 is 0 Å². The first kappa shape index (κ1) is 15.0. The summed E-state index contributed by atoms with van der Waals surface area (Å²) in [4.78, 5) is 5.17. The summed E-state index contributed by atoms with van der Waals surface area (Å²) in [5.41, 5.74) is 2.71. The normalized spacial score (nSPS) is 24.4. The minimum atomic E-state index is 0.298. The molecule has 1 saturated carbocycles. The summed E-state index contributed by atoms with van der Waals surface area (Å²) in [5.74, 6) is 0.962. The van der Waals surface area contributed by atoms with Gasteiger partial charge in [0, 0.05) is 45.4 Å². The molecule has 0 aromatic heterocycles. The van der Waals surface area contributed by atoms with E-state index in [0.29, 0.717) is 12.6 Å². The van der Waals surface area contributed by atoms with Gasteiger partial charge in [0.05, 0.1) is 0 Å². The van der Waals surface area contributed by atoms with Gasteiger partial charge in [-0.15, -0.1) is 0 Å². The Morgan fingerprint density at radius 1 is 1.14 bits per heavy atom. The molecule has 3 heteroatoms. The van der Waals surface area contributed by atoms with E-state index in [2.05, 4.69) is 41.0 Å². The average Bonchev–Trinajstić information content (AvgIpc) is 3.28. The van der Waals surface area contributed by atoms with E-state index in [4.69, 9.17) is 0 Å². The van der Waals surface area contributed by atoms with Gasteiger partial charge < -0.3 is 10.0 Å². The molecular weight excluding hydrogens is 260 g/mol. The third kappa shape index (κ3) is 4.29. The molecule has 0 bridgehead atoms. The number of hydrogen-bond acceptors (Lipinski definition) is 3. The lowest BCUT2D eigenvalue weighted by atomic mass is 10.1. The minimum absolute atomic E-state index is 0.298. The molecule has 3 rings (SSSR count). The van der Waals surface area contributed by atoms with Crippen molar-refractivity contribution in [3.05, 3.63) is 35.4 Å². The van der Waals surface area contributed by atoms with Crippen LogP contribution in [0, 0.1) is 12.8 Å². The number of aliphatic hydroxyl groups is 1. The number of benzene rings is 1. The highest BCUT2D eigenvalue weighted by molar-refractivity contribution is 5.21. The Bertz CT molecular complexity index is 441. The zero-order valence-electron chi connectivity index (χ0n) is 13.2. The third-order valence-electron chi connectivity index (χ3n) is 4.87. The number of hydrogen-bond donors (Lipinski definition) is 1. The molecule has 3 nitrogen and oxygen atoms in total. The van der Waals surface area contributed by atoms with E-state index < -0.39 is 0 Å². The summed E-state index contributed by atoms with van der Waals surface area (Å²) in [6.07, 6.45) is 3.75. The molecule has 1 saturated heterocycles. The zero-order chi connectivity index (χ0) is 14.7. The van der Waals surface area contributed by atoms with Crippen LogP contribution in [0.1, 0.15) is 30.4 Å². The number of rotatable bonds is 6. The largest absolute Gasteiger partial charge is 0.396 e. The fourth-order valence-electron chi connectivity index (χ4n) is 3.35. The van der Waals surface area contributed by atoms with Gasteiger partial charge in [0.15, 0.2) is 0 Å².